The quantitative estimate of drug-likeness (QED) is 0.901. The zero-order chi connectivity index (χ0) is 13.8. The molecule has 1 aromatic carbocycles. The Balaban J connectivity index is 2.22. The summed E-state index contributed by atoms with van der Waals surface area (Å²) in [7, 11) is 1.42. The fourth-order valence-electron chi connectivity index (χ4n) is 2.07. The Kier molecular flexibility index (Phi) is 4.16. The van der Waals surface area contributed by atoms with Crippen LogP contribution in [-0.4, -0.2) is 22.0 Å². The summed E-state index contributed by atoms with van der Waals surface area (Å²) in [5.74, 6) is -0.236. The van der Waals surface area contributed by atoms with E-state index in [1.54, 1.807) is 35.1 Å². The maximum absolute atomic E-state index is 14.0. The monoisotopic (exact) mass is 264 g/mol. The lowest BCUT2D eigenvalue weighted by Gasteiger charge is -2.14. The van der Waals surface area contributed by atoms with Gasteiger partial charge in [-0.25, -0.2) is 4.39 Å². The molecule has 1 atom stereocenters. The van der Waals surface area contributed by atoms with Gasteiger partial charge in [0.2, 0.25) is 0 Å². The molecular weight excluding hydrogens is 247 g/mol. The smallest absolute Gasteiger partial charge is 0.168 e. The van der Waals surface area contributed by atoms with Crippen molar-refractivity contribution < 1.29 is 14.2 Å². The number of ether oxygens (including phenoxy) is 1. The van der Waals surface area contributed by atoms with Crippen molar-refractivity contribution in [3.63, 3.8) is 0 Å². The fraction of sp³-hybridized carbons (Fsp3) is 0.357. The second-order valence-electron chi connectivity index (χ2n) is 4.23. The molecule has 102 valence electrons. The van der Waals surface area contributed by atoms with Crippen LogP contribution in [0.1, 0.15) is 24.3 Å². The highest BCUT2D eigenvalue weighted by atomic mass is 19.1. The van der Waals surface area contributed by atoms with Crippen LogP contribution in [0.5, 0.6) is 5.75 Å². The van der Waals surface area contributed by atoms with Gasteiger partial charge >= 0.3 is 0 Å². The Morgan fingerprint density at radius 1 is 1.42 bits per heavy atom. The van der Waals surface area contributed by atoms with Crippen molar-refractivity contribution >= 4 is 0 Å². The first-order valence-corrected chi connectivity index (χ1v) is 6.18. The molecule has 1 heterocycles. The number of benzene rings is 1. The summed E-state index contributed by atoms with van der Waals surface area (Å²) in [6, 6.07) is 6.66. The highest BCUT2D eigenvalue weighted by Gasteiger charge is 2.17. The molecule has 2 aromatic rings. The number of aliphatic hydroxyl groups excluding tert-OH is 1. The van der Waals surface area contributed by atoms with Crippen molar-refractivity contribution in [2.45, 2.75) is 26.0 Å². The summed E-state index contributed by atoms with van der Waals surface area (Å²) in [6.45, 7) is 2.61. The number of halogens is 1. The maximum Gasteiger partial charge on any atom is 0.168 e. The van der Waals surface area contributed by atoms with Gasteiger partial charge in [-0.3, -0.25) is 4.68 Å². The number of rotatable bonds is 5. The van der Waals surface area contributed by atoms with Crippen LogP contribution < -0.4 is 4.74 Å². The highest BCUT2D eigenvalue weighted by molar-refractivity contribution is 5.32. The predicted octanol–water partition coefficient (Wildman–Crippen LogP) is 2.33. The summed E-state index contributed by atoms with van der Waals surface area (Å²) in [5.41, 5.74) is 1.11. The van der Waals surface area contributed by atoms with Crippen LogP contribution in [0.3, 0.4) is 0 Å². The molecule has 1 aromatic heterocycles. The van der Waals surface area contributed by atoms with Crippen LogP contribution in [0.25, 0.3) is 0 Å². The third-order valence-corrected chi connectivity index (χ3v) is 3.07. The second kappa shape index (κ2) is 5.84. The molecule has 1 unspecified atom stereocenters. The molecule has 0 radical (unpaired) electrons. The number of hydrogen-bond acceptors (Lipinski definition) is 3. The largest absolute Gasteiger partial charge is 0.494 e. The van der Waals surface area contributed by atoms with Crippen LogP contribution in [-0.2, 0) is 13.0 Å². The Morgan fingerprint density at radius 2 is 2.21 bits per heavy atom. The van der Waals surface area contributed by atoms with Crippen LogP contribution in [0, 0.1) is 5.82 Å². The Morgan fingerprint density at radius 3 is 2.89 bits per heavy atom. The first-order chi connectivity index (χ1) is 9.17. The van der Waals surface area contributed by atoms with Crippen LogP contribution in [0.15, 0.2) is 30.5 Å². The summed E-state index contributed by atoms with van der Waals surface area (Å²) in [4.78, 5) is 0. The van der Waals surface area contributed by atoms with E-state index in [9.17, 15) is 9.50 Å². The van der Waals surface area contributed by atoms with E-state index in [2.05, 4.69) is 5.10 Å². The topological polar surface area (TPSA) is 47.3 Å². The average molecular weight is 264 g/mol. The SMILES string of the molecule is CCn1nccc1C(O)Cc1cccc(OC)c1F. The van der Waals surface area contributed by atoms with Gasteiger partial charge in [0.05, 0.1) is 18.9 Å². The van der Waals surface area contributed by atoms with E-state index in [1.807, 2.05) is 6.92 Å². The molecule has 0 spiro atoms. The molecule has 0 saturated heterocycles. The molecule has 0 aliphatic carbocycles. The average Bonchev–Trinajstić information content (AvgIpc) is 2.89. The Labute approximate surface area is 111 Å². The predicted molar refractivity (Wildman–Crippen MR) is 69.5 cm³/mol. The zero-order valence-electron chi connectivity index (χ0n) is 11.0. The molecule has 0 aliphatic rings. The van der Waals surface area contributed by atoms with E-state index >= 15 is 0 Å². The van der Waals surface area contributed by atoms with Gasteiger partial charge in [-0.2, -0.15) is 5.10 Å². The number of aryl methyl sites for hydroxylation is 1. The molecule has 2 rings (SSSR count). The van der Waals surface area contributed by atoms with Crippen molar-refractivity contribution in [1.82, 2.24) is 9.78 Å². The van der Waals surface area contributed by atoms with Gasteiger partial charge in [0.1, 0.15) is 0 Å². The number of aromatic nitrogens is 2. The van der Waals surface area contributed by atoms with Gasteiger partial charge in [0, 0.05) is 19.2 Å². The standard InChI is InChI=1S/C14H17FN2O2/c1-3-17-11(7-8-16-17)12(18)9-10-5-4-6-13(19-2)14(10)15/h4-8,12,18H,3,9H2,1-2H3. The molecule has 4 nitrogen and oxygen atoms in total. The lowest BCUT2D eigenvalue weighted by atomic mass is 10.0. The van der Waals surface area contributed by atoms with Gasteiger partial charge < -0.3 is 9.84 Å². The molecule has 19 heavy (non-hydrogen) atoms. The maximum atomic E-state index is 14.0. The minimum Gasteiger partial charge on any atom is -0.494 e. The van der Waals surface area contributed by atoms with Crippen LogP contribution >= 0.6 is 0 Å². The second-order valence-corrected chi connectivity index (χ2v) is 4.23. The Hall–Kier alpha value is -1.88. The van der Waals surface area contributed by atoms with Gasteiger partial charge in [0.25, 0.3) is 0 Å². The first kappa shape index (κ1) is 13.5. The van der Waals surface area contributed by atoms with Crippen molar-refractivity contribution in [2.75, 3.05) is 7.11 Å². The van der Waals surface area contributed by atoms with Crippen molar-refractivity contribution in [1.29, 1.82) is 0 Å². The molecule has 0 saturated carbocycles. The molecule has 5 heteroatoms. The number of methoxy groups -OCH3 is 1. The summed E-state index contributed by atoms with van der Waals surface area (Å²) >= 11 is 0. The lowest BCUT2D eigenvalue weighted by molar-refractivity contribution is 0.165. The summed E-state index contributed by atoms with van der Waals surface area (Å²) < 4.78 is 20.6. The van der Waals surface area contributed by atoms with E-state index < -0.39 is 11.9 Å². The van der Waals surface area contributed by atoms with Crippen LogP contribution in [0.4, 0.5) is 4.39 Å². The number of hydrogen-bond donors (Lipinski definition) is 1. The van der Waals surface area contributed by atoms with E-state index in [4.69, 9.17) is 4.74 Å². The molecule has 1 N–H and O–H groups in total. The normalized spacial score (nSPS) is 12.4. The van der Waals surface area contributed by atoms with Crippen molar-refractivity contribution in [3.05, 3.63) is 47.5 Å². The van der Waals surface area contributed by atoms with Gasteiger partial charge in [-0.05, 0) is 24.6 Å². The van der Waals surface area contributed by atoms with E-state index in [1.165, 1.54) is 7.11 Å². The molecular formula is C14H17FN2O2. The summed E-state index contributed by atoms with van der Waals surface area (Å²) in [6.07, 6.45) is 1.03. The van der Waals surface area contributed by atoms with Gasteiger partial charge in [0.15, 0.2) is 11.6 Å². The number of nitrogens with zero attached hydrogens (tertiary/aromatic N) is 2. The van der Waals surface area contributed by atoms with Gasteiger partial charge in [-0.15, -0.1) is 0 Å². The Bertz CT molecular complexity index is 554. The molecule has 0 aliphatic heterocycles. The highest BCUT2D eigenvalue weighted by Crippen LogP contribution is 2.25. The minimum atomic E-state index is -0.788. The molecule has 0 amide bonds. The molecule has 0 fully saturated rings. The van der Waals surface area contributed by atoms with Gasteiger partial charge in [-0.1, -0.05) is 12.1 Å². The van der Waals surface area contributed by atoms with Crippen molar-refractivity contribution in [2.24, 2.45) is 0 Å². The lowest BCUT2D eigenvalue weighted by Crippen LogP contribution is -2.11. The minimum absolute atomic E-state index is 0.189. The third-order valence-electron chi connectivity index (χ3n) is 3.07. The summed E-state index contributed by atoms with van der Waals surface area (Å²) in [5, 5.41) is 14.3. The van der Waals surface area contributed by atoms with E-state index in [0.29, 0.717) is 17.8 Å². The third kappa shape index (κ3) is 2.76. The van der Waals surface area contributed by atoms with Crippen LogP contribution in [0.2, 0.25) is 0 Å². The zero-order valence-corrected chi connectivity index (χ0v) is 11.0. The van der Waals surface area contributed by atoms with Crippen molar-refractivity contribution in [3.8, 4) is 5.75 Å². The van der Waals surface area contributed by atoms with E-state index in [-0.39, 0.29) is 12.2 Å². The fourth-order valence-corrected chi connectivity index (χ4v) is 2.07. The first-order valence-electron chi connectivity index (χ1n) is 6.18. The molecule has 0 bridgehead atoms. The van der Waals surface area contributed by atoms with E-state index in [0.717, 1.165) is 0 Å². The number of aliphatic hydroxyl groups is 1.